The molecule has 3 rings (SSSR count). The van der Waals surface area contributed by atoms with Gasteiger partial charge in [0.2, 0.25) is 0 Å². The van der Waals surface area contributed by atoms with Gasteiger partial charge in [0.1, 0.15) is 0 Å². The third-order valence-electron chi connectivity index (χ3n) is 4.52. The average Bonchev–Trinajstić information content (AvgIpc) is 2.56. The van der Waals surface area contributed by atoms with Crippen molar-refractivity contribution in [3.63, 3.8) is 0 Å². The lowest BCUT2D eigenvalue weighted by molar-refractivity contribution is 0.0689. The van der Waals surface area contributed by atoms with Gasteiger partial charge in [0.25, 0.3) is 5.91 Å². The highest BCUT2D eigenvalue weighted by molar-refractivity contribution is 5.95. The zero-order chi connectivity index (χ0) is 15.4. The van der Waals surface area contributed by atoms with E-state index < -0.39 is 0 Å². The number of rotatable bonds is 3. The minimum Gasteiger partial charge on any atom is -0.339 e. The van der Waals surface area contributed by atoms with E-state index in [4.69, 9.17) is 0 Å². The van der Waals surface area contributed by atoms with Gasteiger partial charge in [0, 0.05) is 31.0 Å². The third kappa shape index (κ3) is 3.35. The number of hydrogen-bond acceptors (Lipinski definition) is 2. The highest BCUT2D eigenvalue weighted by Crippen LogP contribution is 2.23. The van der Waals surface area contributed by atoms with E-state index in [1.807, 2.05) is 17.9 Å². The van der Waals surface area contributed by atoms with Crippen molar-refractivity contribution >= 4 is 5.91 Å². The minimum absolute atomic E-state index is 0.151. The molecule has 1 amide bonds. The Labute approximate surface area is 132 Å². The van der Waals surface area contributed by atoms with Gasteiger partial charge in [-0.3, -0.25) is 9.78 Å². The normalized spacial score (nSPS) is 15.8. The van der Waals surface area contributed by atoms with Crippen molar-refractivity contribution in [3.05, 3.63) is 65.5 Å². The summed E-state index contributed by atoms with van der Waals surface area (Å²) in [5.41, 5.74) is 3.15. The van der Waals surface area contributed by atoms with E-state index in [0.717, 1.165) is 43.5 Å². The quantitative estimate of drug-likeness (QED) is 0.868. The molecule has 0 bridgehead atoms. The van der Waals surface area contributed by atoms with Gasteiger partial charge in [-0.25, -0.2) is 0 Å². The molecule has 3 nitrogen and oxygen atoms in total. The Balaban J connectivity index is 1.58. The van der Waals surface area contributed by atoms with Crippen molar-refractivity contribution in [2.45, 2.75) is 26.2 Å². The molecule has 0 atom stereocenters. The summed E-state index contributed by atoms with van der Waals surface area (Å²) in [6.07, 6.45) is 6.75. The zero-order valence-electron chi connectivity index (χ0n) is 13.0. The van der Waals surface area contributed by atoms with E-state index in [9.17, 15) is 4.79 Å². The summed E-state index contributed by atoms with van der Waals surface area (Å²) < 4.78 is 0. The zero-order valence-corrected chi connectivity index (χ0v) is 13.0. The molecule has 0 spiro atoms. The molecular formula is C19H22N2O. The maximum Gasteiger partial charge on any atom is 0.254 e. The summed E-state index contributed by atoms with van der Waals surface area (Å²) in [6, 6.07) is 12.5. The van der Waals surface area contributed by atoms with E-state index in [1.54, 1.807) is 12.4 Å². The van der Waals surface area contributed by atoms with Gasteiger partial charge >= 0.3 is 0 Å². The fourth-order valence-corrected chi connectivity index (χ4v) is 3.17. The van der Waals surface area contributed by atoms with Crippen LogP contribution in [0.25, 0.3) is 0 Å². The van der Waals surface area contributed by atoms with Crippen LogP contribution in [0.5, 0.6) is 0 Å². The van der Waals surface area contributed by atoms with Crippen LogP contribution in [0.4, 0.5) is 0 Å². The molecule has 0 saturated carbocycles. The second kappa shape index (κ2) is 6.73. The summed E-state index contributed by atoms with van der Waals surface area (Å²) in [6.45, 7) is 3.67. The average molecular weight is 294 g/mol. The van der Waals surface area contributed by atoms with E-state index in [-0.39, 0.29) is 5.91 Å². The van der Waals surface area contributed by atoms with E-state index in [2.05, 4.69) is 35.3 Å². The fraction of sp³-hybridized carbons (Fsp3) is 0.368. The lowest BCUT2D eigenvalue weighted by Crippen LogP contribution is -2.39. The van der Waals surface area contributed by atoms with Crippen molar-refractivity contribution in [2.75, 3.05) is 13.1 Å². The number of carbonyl (C=O) groups excluding carboxylic acids is 1. The highest BCUT2D eigenvalue weighted by atomic mass is 16.2. The number of hydrogen-bond donors (Lipinski definition) is 0. The van der Waals surface area contributed by atoms with Gasteiger partial charge in [-0.15, -0.1) is 0 Å². The number of carbonyl (C=O) groups is 1. The monoisotopic (exact) mass is 294 g/mol. The van der Waals surface area contributed by atoms with Gasteiger partial charge in [0.05, 0.1) is 0 Å². The molecule has 1 aliphatic rings. The van der Waals surface area contributed by atoms with Gasteiger partial charge in [-0.2, -0.15) is 0 Å². The number of aryl methyl sites for hydroxylation is 1. The first kappa shape index (κ1) is 14.8. The Bertz CT molecular complexity index is 631. The smallest absolute Gasteiger partial charge is 0.254 e. The van der Waals surface area contributed by atoms with Gasteiger partial charge < -0.3 is 4.90 Å². The number of benzene rings is 1. The first-order valence-electron chi connectivity index (χ1n) is 7.98. The predicted octanol–water partition coefficient (Wildman–Crippen LogP) is 3.48. The number of aromatic nitrogens is 1. The van der Waals surface area contributed by atoms with Crippen LogP contribution in [0, 0.1) is 12.8 Å². The predicted molar refractivity (Wildman–Crippen MR) is 87.7 cm³/mol. The summed E-state index contributed by atoms with van der Waals surface area (Å²) in [5, 5.41) is 0. The second-order valence-electron chi connectivity index (χ2n) is 6.12. The first-order valence-corrected chi connectivity index (χ1v) is 7.98. The highest BCUT2D eigenvalue weighted by Gasteiger charge is 2.24. The summed E-state index contributed by atoms with van der Waals surface area (Å²) in [4.78, 5) is 18.6. The Morgan fingerprint density at radius 2 is 1.91 bits per heavy atom. The molecule has 0 N–H and O–H groups in total. The second-order valence-corrected chi connectivity index (χ2v) is 6.12. The molecule has 114 valence electrons. The van der Waals surface area contributed by atoms with E-state index in [1.165, 1.54) is 5.56 Å². The number of piperidine rings is 1. The number of pyridine rings is 1. The van der Waals surface area contributed by atoms with Crippen LogP contribution in [-0.2, 0) is 6.42 Å². The van der Waals surface area contributed by atoms with Gasteiger partial charge in [0.15, 0.2) is 0 Å². The molecule has 0 aliphatic carbocycles. The van der Waals surface area contributed by atoms with Crippen LogP contribution in [0.2, 0.25) is 0 Å². The molecule has 2 heterocycles. The van der Waals surface area contributed by atoms with Crippen molar-refractivity contribution in [1.82, 2.24) is 9.88 Å². The SMILES string of the molecule is Cc1cnccc1C(=O)N1CCC(Cc2ccccc2)CC1. The molecule has 1 saturated heterocycles. The first-order chi connectivity index (χ1) is 10.7. The van der Waals surface area contributed by atoms with Crippen LogP contribution >= 0.6 is 0 Å². The minimum atomic E-state index is 0.151. The standard InChI is InChI=1S/C19H22N2O/c1-15-14-20-10-7-18(15)19(22)21-11-8-17(9-12-21)13-16-5-3-2-4-6-16/h2-7,10,14,17H,8-9,11-13H2,1H3. The molecule has 2 aromatic rings. The molecule has 1 fully saturated rings. The fourth-order valence-electron chi connectivity index (χ4n) is 3.17. The third-order valence-corrected chi connectivity index (χ3v) is 4.52. The van der Waals surface area contributed by atoms with Crippen LogP contribution in [0.1, 0.15) is 34.3 Å². The molecule has 22 heavy (non-hydrogen) atoms. The Hall–Kier alpha value is -2.16. The summed E-state index contributed by atoms with van der Waals surface area (Å²) >= 11 is 0. The molecule has 0 radical (unpaired) electrons. The van der Waals surface area contributed by atoms with Crippen LogP contribution in [-0.4, -0.2) is 28.9 Å². The Kier molecular flexibility index (Phi) is 4.52. The lowest BCUT2D eigenvalue weighted by Gasteiger charge is -2.32. The van der Waals surface area contributed by atoms with Crippen LogP contribution < -0.4 is 0 Å². The van der Waals surface area contributed by atoms with Gasteiger partial charge in [-0.05, 0) is 49.3 Å². The molecule has 1 aromatic carbocycles. The Morgan fingerprint density at radius 1 is 1.18 bits per heavy atom. The number of likely N-dealkylation sites (tertiary alicyclic amines) is 1. The van der Waals surface area contributed by atoms with Crippen molar-refractivity contribution in [3.8, 4) is 0 Å². The van der Waals surface area contributed by atoms with Crippen molar-refractivity contribution in [2.24, 2.45) is 5.92 Å². The molecule has 3 heteroatoms. The summed E-state index contributed by atoms with van der Waals surface area (Å²) in [7, 11) is 0. The molecule has 0 unspecified atom stereocenters. The van der Waals surface area contributed by atoms with Crippen molar-refractivity contribution < 1.29 is 4.79 Å². The maximum absolute atomic E-state index is 12.6. The largest absolute Gasteiger partial charge is 0.339 e. The van der Waals surface area contributed by atoms with E-state index in [0.29, 0.717) is 5.92 Å². The molecular weight excluding hydrogens is 272 g/mol. The summed E-state index contributed by atoms with van der Waals surface area (Å²) in [5.74, 6) is 0.836. The Morgan fingerprint density at radius 3 is 2.59 bits per heavy atom. The molecule has 1 aliphatic heterocycles. The number of amides is 1. The maximum atomic E-state index is 12.6. The van der Waals surface area contributed by atoms with E-state index >= 15 is 0 Å². The van der Waals surface area contributed by atoms with Gasteiger partial charge in [-0.1, -0.05) is 30.3 Å². The topological polar surface area (TPSA) is 33.2 Å². The van der Waals surface area contributed by atoms with Crippen LogP contribution in [0.15, 0.2) is 48.8 Å². The van der Waals surface area contributed by atoms with Crippen molar-refractivity contribution in [1.29, 1.82) is 0 Å². The lowest BCUT2D eigenvalue weighted by atomic mass is 9.90. The van der Waals surface area contributed by atoms with Crippen LogP contribution in [0.3, 0.4) is 0 Å². The molecule has 1 aromatic heterocycles. The number of nitrogens with zero attached hydrogens (tertiary/aromatic N) is 2.